The molecule has 6 nitrogen and oxygen atoms in total. The number of ether oxygens (including phenoxy) is 2. The zero-order chi connectivity index (χ0) is 22.9. The number of phenols is 1. The Kier molecular flexibility index (Phi) is 7.65. The van der Waals surface area contributed by atoms with Crippen molar-refractivity contribution < 1.29 is 29.3 Å². The van der Waals surface area contributed by atoms with Crippen LogP contribution in [0.1, 0.15) is 28.7 Å². The summed E-state index contributed by atoms with van der Waals surface area (Å²) in [6.45, 7) is 2.26. The lowest BCUT2D eigenvalue weighted by Gasteiger charge is -2.13. The van der Waals surface area contributed by atoms with Gasteiger partial charge < -0.3 is 19.7 Å². The molecule has 164 valence electrons. The van der Waals surface area contributed by atoms with E-state index in [-0.39, 0.29) is 24.5 Å². The standard InChI is InChI=1S/C26H24O6/c1-18-5-7-21(8-6-18)17-31-24-16-20(10-13-25(28)29)9-12-23(24)32-26(30)14-11-19-3-2-4-22(27)15-19/h2-10,12-13,15-16,27H,11,14,17H2,1H3,(H,28,29)/b13-10+. The first-order chi connectivity index (χ1) is 15.4. The maximum atomic E-state index is 12.4. The topological polar surface area (TPSA) is 93.1 Å². The molecule has 0 amide bonds. The van der Waals surface area contributed by atoms with Crippen LogP contribution < -0.4 is 9.47 Å². The second kappa shape index (κ2) is 10.8. The van der Waals surface area contributed by atoms with E-state index in [0.717, 1.165) is 22.8 Å². The fourth-order valence-electron chi connectivity index (χ4n) is 2.97. The molecule has 0 fully saturated rings. The molecule has 3 aromatic carbocycles. The summed E-state index contributed by atoms with van der Waals surface area (Å²) in [4.78, 5) is 23.2. The minimum Gasteiger partial charge on any atom is -0.508 e. The van der Waals surface area contributed by atoms with Gasteiger partial charge >= 0.3 is 11.9 Å². The van der Waals surface area contributed by atoms with E-state index in [2.05, 4.69) is 0 Å². The zero-order valence-corrected chi connectivity index (χ0v) is 17.7. The number of aromatic hydroxyl groups is 1. The summed E-state index contributed by atoms with van der Waals surface area (Å²) in [7, 11) is 0. The first-order valence-corrected chi connectivity index (χ1v) is 10.1. The highest BCUT2D eigenvalue weighted by atomic mass is 16.6. The summed E-state index contributed by atoms with van der Waals surface area (Å²) in [6, 6.07) is 19.4. The number of rotatable bonds is 9. The van der Waals surface area contributed by atoms with Gasteiger partial charge in [0.2, 0.25) is 0 Å². The fourth-order valence-corrected chi connectivity index (χ4v) is 2.97. The van der Waals surface area contributed by atoms with Gasteiger partial charge in [-0.15, -0.1) is 0 Å². The average Bonchev–Trinajstić information content (AvgIpc) is 2.77. The van der Waals surface area contributed by atoms with Crippen LogP contribution in [0.25, 0.3) is 6.08 Å². The van der Waals surface area contributed by atoms with E-state index in [1.165, 1.54) is 6.08 Å². The Labute approximate surface area is 186 Å². The summed E-state index contributed by atoms with van der Waals surface area (Å²) >= 11 is 0. The van der Waals surface area contributed by atoms with Crippen molar-refractivity contribution >= 4 is 18.0 Å². The van der Waals surface area contributed by atoms with Crippen LogP contribution >= 0.6 is 0 Å². The lowest BCUT2D eigenvalue weighted by molar-refractivity contribution is -0.134. The van der Waals surface area contributed by atoms with Gasteiger partial charge in [-0.1, -0.05) is 48.0 Å². The highest BCUT2D eigenvalue weighted by molar-refractivity contribution is 5.85. The lowest BCUT2D eigenvalue weighted by atomic mass is 10.1. The van der Waals surface area contributed by atoms with E-state index in [1.807, 2.05) is 37.3 Å². The van der Waals surface area contributed by atoms with Crippen LogP contribution in [0.4, 0.5) is 0 Å². The van der Waals surface area contributed by atoms with Gasteiger partial charge in [0.1, 0.15) is 12.4 Å². The van der Waals surface area contributed by atoms with Crippen molar-refractivity contribution in [2.75, 3.05) is 0 Å². The van der Waals surface area contributed by atoms with Crippen LogP contribution in [0.15, 0.2) is 72.8 Å². The Morgan fingerprint density at radius 2 is 1.72 bits per heavy atom. The Morgan fingerprint density at radius 3 is 2.44 bits per heavy atom. The second-order valence-corrected chi connectivity index (χ2v) is 7.30. The molecular formula is C26H24O6. The van der Waals surface area contributed by atoms with Gasteiger partial charge in [0, 0.05) is 12.5 Å². The number of hydrogen-bond acceptors (Lipinski definition) is 5. The number of hydrogen-bond donors (Lipinski definition) is 2. The van der Waals surface area contributed by atoms with Crippen molar-refractivity contribution in [1.82, 2.24) is 0 Å². The normalized spacial score (nSPS) is 10.8. The summed E-state index contributed by atoms with van der Waals surface area (Å²) in [5.74, 6) is -0.765. The van der Waals surface area contributed by atoms with E-state index >= 15 is 0 Å². The first kappa shape index (κ1) is 22.6. The quantitative estimate of drug-likeness (QED) is 0.283. The molecule has 0 spiro atoms. The maximum Gasteiger partial charge on any atom is 0.328 e. The number of carbonyl (C=O) groups excluding carboxylic acids is 1. The van der Waals surface area contributed by atoms with Gasteiger partial charge in [-0.25, -0.2) is 4.79 Å². The third-order valence-corrected chi connectivity index (χ3v) is 4.65. The van der Waals surface area contributed by atoms with Crippen molar-refractivity contribution in [2.45, 2.75) is 26.4 Å². The third kappa shape index (κ3) is 7.02. The average molecular weight is 432 g/mol. The number of carboxylic acids is 1. The number of aryl methyl sites for hydroxylation is 2. The van der Waals surface area contributed by atoms with Gasteiger partial charge in [-0.3, -0.25) is 4.79 Å². The molecule has 0 saturated heterocycles. The van der Waals surface area contributed by atoms with Crippen molar-refractivity contribution in [1.29, 1.82) is 0 Å². The second-order valence-electron chi connectivity index (χ2n) is 7.30. The Bertz CT molecular complexity index is 1120. The predicted molar refractivity (Wildman–Crippen MR) is 121 cm³/mol. The Hall–Kier alpha value is -4.06. The summed E-state index contributed by atoms with van der Waals surface area (Å²) in [6.07, 6.45) is 3.02. The predicted octanol–water partition coefficient (Wildman–Crippen LogP) is 4.92. The van der Waals surface area contributed by atoms with Crippen molar-refractivity contribution in [3.8, 4) is 17.2 Å². The molecule has 0 radical (unpaired) electrons. The number of carboxylic acid groups (broad SMARTS) is 1. The molecule has 0 heterocycles. The molecule has 32 heavy (non-hydrogen) atoms. The molecule has 0 aliphatic carbocycles. The molecule has 3 aromatic rings. The number of benzene rings is 3. The molecule has 0 unspecified atom stereocenters. The van der Waals surface area contributed by atoms with E-state index in [4.69, 9.17) is 14.6 Å². The SMILES string of the molecule is Cc1ccc(COc2cc(/C=C/C(=O)O)ccc2OC(=O)CCc2cccc(O)c2)cc1. The summed E-state index contributed by atoms with van der Waals surface area (Å²) in [5, 5.41) is 18.4. The van der Waals surface area contributed by atoms with Gasteiger partial charge in [0.25, 0.3) is 0 Å². The number of esters is 1. The Balaban J connectivity index is 1.72. The highest BCUT2D eigenvalue weighted by Crippen LogP contribution is 2.30. The fraction of sp³-hybridized carbons (Fsp3) is 0.154. The molecular weight excluding hydrogens is 408 g/mol. The molecule has 0 aliphatic rings. The van der Waals surface area contributed by atoms with Crippen LogP contribution in [0.2, 0.25) is 0 Å². The molecule has 3 rings (SSSR count). The lowest BCUT2D eigenvalue weighted by Crippen LogP contribution is -2.10. The summed E-state index contributed by atoms with van der Waals surface area (Å²) in [5.41, 5.74) is 3.51. The van der Waals surface area contributed by atoms with E-state index in [1.54, 1.807) is 36.4 Å². The zero-order valence-electron chi connectivity index (χ0n) is 17.7. The van der Waals surface area contributed by atoms with Crippen LogP contribution in [0.3, 0.4) is 0 Å². The smallest absolute Gasteiger partial charge is 0.328 e. The van der Waals surface area contributed by atoms with Crippen molar-refractivity contribution in [2.24, 2.45) is 0 Å². The summed E-state index contributed by atoms with van der Waals surface area (Å²) < 4.78 is 11.4. The van der Waals surface area contributed by atoms with Crippen LogP contribution in [0.5, 0.6) is 17.2 Å². The molecule has 0 saturated carbocycles. The van der Waals surface area contributed by atoms with Gasteiger partial charge in [-0.2, -0.15) is 0 Å². The monoisotopic (exact) mass is 432 g/mol. The van der Waals surface area contributed by atoms with E-state index in [9.17, 15) is 14.7 Å². The van der Waals surface area contributed by atoms with Gasteiger partial charge in [0.15, 0.2) is 11.5 Å². The highest BCUT2D eigenvalue weighted by Gasteiger charge is 2.12. The maximum absolute atomic E-state index is 12.4. The molecule has 6 heteroatoms. The minimum absolute atomic E-state index is 0.127. The molecule has 0 aromatic heterocycles. The minimum atomic E-state index is -1.06. The van der Waals surface area contributed by atoms with Crippen molar-refractivity contribution in [3.05, 3.63) is 95.1 Å². The van der Waals surface area contributed by atoms with Crippen LogP contribution in [-0.2, 0) is 22.6 Å². The van der Waals surface area contributed by atoms with Crippen molar-refractivity contribution in [3.63, 3.8) is 0 Å². The molecule has 0 bridgehead atoms. The van der Waals surface area contributed by atoms with E-state index < -0.39 is 11.9 Å². The molecule has 0 atom stereocenters. The number of aliphatic carboxylic acids is 1. The molecule has 2 N–H and O–H groups in total. The first-order valence-electron chi connectivity index (χ1n) is 10.1. The van der Waals surface area contributed by atoms with Gasteiger partial charge in [-0.05, 0) is 60.4 Å². The van der Waals surface area contributed by atoms with Crippen LogP contribution in [-0.4, -0.2) is 22.2 Å². The van der Waals surface area contributed by atoms with Crippen LogP contribution in [0, 0.1) is 6.92 Å². The third-order valence-electron chi connectivity index (χ3n) is 4.65. The number of phenolic OH excluding ortho intramolecular Hbond substituents is 1. The van der Waals surface area contributed by atoms with E-state index in [0.29, 0.717) is 17.7 Å². The Morgan fingerprint density at radius 1 is 0.938 bits per heavy atom. The van der Waals surface area contributed by atoms with Gasteiger partial charge in [0.05, 0.1) is 0 Å². The largest absolute Gasteiger partial charge is 0.508 e. The molecule has 0 aliphatic heterocycles. The number of carbonyl (C=O) groups is 2.